The molecule has 0 aliphatic rings. The largest absolute Gasteiger partial charge is 0.493 e. The van der Waals surface area contributed by atoms with Gasteiger partial charge in [-0.05, 0) is 25.1 Å². The van der Waals surface area contributed by atoms with Crippen molar-refractivity contribution in [2.75, 3.05) is 37.6 Å². The van der Waals surface area contributed by atoms with E-state index in [0.29, 0.717) is 11.5 Å². The highest BCUT2D eigenvalue weighted by atomic mass is 32.2. The fourth-order valence-corrected chi connectivity index (χ4v) is 2.82. The van der Waals surface area contributed by atoms with Crippen LogP contribution in [0, 0.1) is 0 Å². The van der Waals surface area contributed by atoms with E-state index in [1.165, 1.54) is 26.4 Å². The lowest BCUT2D eigenvalue weighted by atomic mass is 10.2. The standard InChI is InChI=1S/C17H20N4O6S/c1-4-27-12(22)8-28-17-20-14(18)13(16(24)21-17)19-15(23)9-5-6-10(25-2)11(7-9)26-3/h5-7H,4,8H2,1-3H3,(H,19,23)(H3,18,20,21,24). The number of hydrogen-bond donors (Lipinski definition) is 3. The Labute approximate surface area is 164 Å². The highest BCUT2D eigenvalue weighted by Crippen LogP contribution is 2.28. The maximum atomic E-state index is 12.4. The first kappa shape index (κ1) is 21.1. The number of methoxy groups -OCH3 is 2. The minimum Gasteiger partial charge on any atom is -0.493 e. The zero-order chi connectivity index (χ0) is 20.7. The summed E-state index contributed by atoms with van der Waals surface area (Å²) in [4.78, 5) is 42.5. The third-order valence-corrected chi connectivity index (χ3v) is 4.29. The maximum Gasteiger partial charge on any atom is 0.316 e. The molecule has 2 aromatic rings. The molecule has 0 aliphatic heterocycles. The van der Waals surface area contributed by atoms with E-state index in [9.17, 15) is 14.4 Å². The lowest BCUT2D eigenvalue weighted by molar-refractivity contribution is -0.139. The van der Waals surface area contributed by atoms with Crippen LogP contribution in [0.4, 0.5) is 11.5 Å². The van der Waals surface area contributed by atoms with Gasteiger partial charge < -0.3 is 25.3 Å². The van der Waals surface area contributed by atoms with E-state index >= 15 is 0 Å². The fourth-order valence-electron chi connectivity index (χ4n) is 2.15. The summed E-state index contributed by atoms with van der Waals surface area (Å²) in [6.45, 7) is 1.95. The molecule has 0 spiro atoms. The Hall–Kier alpha value is -3.21. The minimum absolute atomic E-state index is 0.0342. The molecule has 11 heteroatoms. The number of carbonyl (C=O) groups excluding carboxylic acids is 2. The second-order valence-corrected chi connectivity index (χ2v) is 6.21. The number of benzene rings is 1. The van der Waals surface area contributed by atoms with E-state index in [1.54, 1.807) is 13.0 Å². The molecule has 0 bridgehead atoms. The molecule has 150 valence electrons. The van der Waals surface area contributed by atoms with Gasteiger partial charge in [-0.25, -0.2) is 4.98 Å². The molecule has 1 heterocycles. The number of nitrogens with two attached hydrogens (primary N) is 1. The number of H-pyrrole nitrogens is 1. The van der Waals surface area contributed by atoms with Crippen LogP contribution >= 0.6 is 11.8 Å². The molecule has 0 fully saturated rings. The number of rotatable bonds is 8. The number of aromatic nitrogens is 2. The highest BCUT2D eigenvalue weighted by molar-refractivity contribution is 7.99. The second-order valence-electron chi connectivity index (χ2n) is 5.25. The SMILES string of the molecule is CCOC(=O)CSc1nc(N)c(NC(=O)c2ccc(OC)c(OC)c2)c(=O)[nH]1. The van der Waals surface area contributed by atoms with E-state index in [4.69, 9.17) is 19.9 Å². The summed E-state index contributed by atoms with van der Waals surface area (Å²) in [7, 11) is 2.92. The average Bonchev–Trinajstić information content (AvgIpc) is 2.68. The van der Waals surface area contributed by atoms with Crippen LogP contribution < -0.4 is 26.1 Å². The Morgan fingerprint density at radius 3 is 2.57 bits per heavy atom. The van der Waals surface area contributed by atoms with Gasteiger partial charge in [0.2, 0.25) is 0 Å². The lowest BCUT2D eigenvalue weighted by Crippen LogP contribution is -2.23. The van der Waals surface area contributed by atoms with Crippen LogP contribution in [0.1, 0.15) is 17.3 Å². The van der Waals surface area contributed by atoms with Crippen LogP contribution in [0.2, 0.25) is 0 Å². The molecule has 1 aromatic heterocycles. The molecule has 28 heavy (non-hydrogen) atoms. The highest BCUT2D eigenvalue weighted by Gasteiger charge is 2.16. The normalized spacial score (nSPS) is 10.2. The van der Waals surface area contributed by atoms with Crippen molar-refractivity contribution in [3.05, 3.63) is 34.1 Å². The van der Waals surface area contributed by atoms with E-state index in [1.807, 2.05) is 0 Å². The van der Waals surface area contributed by atoms with Crippen molar-refractivity contribution in [3.63, 3.8) is 0 Å². The van der Waals surface area contributed by atoms with Crippen LogP contribution in [0.15, 0.2) is 28.2 Å². The van der Waals surface area contributed by atoms with Gasteiger partial charge in [0.15, 0.2) is 22.5 Å². The van der Waals surface area contributed by atoms with Crippen molar-refractivity contribution < 1.29 is 23.8 Å². The van der Waals surface area contributed by atoms with Gasteiger partial charge in [-0.3, -0.25) is 19.4 Å². The lowest BCUT2D eigenvalue weighted by Gasteiger charge is -2.11. The molecular weight excluding hydrogens is 388 g/mol. The number of amides is 1. The third-order valence-electron chi connectivity index (χ3n) is 3.44. The summed E-state index contributed by atoms with van der Waals surface area (Å²) in [6, 6.07) is 4.54. The van der Waals surface area contributed by atoms with Crippen molar-refractivity contribution in [1.82, 2.24) is 9.97 Å². The molecule has 10 nitrogen and oxygen atoms in total. The zero-order valence-electron chi connectivity index (χ0n) is 15.5. The van der Waals surface area contributed by atoms with Crippen LogP contribution in [0.5, 0.6) is 11.5 Å². The summed E-state index contributed by atoms with van der Waals surface area (Å²) in [5.74, 6) is -0.412. The first-order valence-electron chi connectivity index (χ1n) is 8.11. The van der Waals surface area contributed by atoms with Crippen molar-refractivity contribution in [2.24, 2.45) is 0 Å². The number of esters is 1. The van der Waals surface area contributed by atoms with E-state index in [-0.39, 0.29) is 34.6 Å². The number of carbonyl (C=O) groups is 2. The Bertz CT molecular complexity index is 930. The van der Waals surface area contributed by atoms with Crippen molar-refractivity contribution in [1.29, 1.82) is 0 Å². The quantitative estimate of drug-likeness (QED) is 0.334. The molecule has 4 N–H and O–H groups in total. The van der Waals surface area contributed by atoms with Gasteiger partial charge in [0.1, 0.15) is 5.69 Å². The molecule has 0 aliphatic carbocycles. The molecule has 1 amide bonds. The van der Waals surface area contributed by atoms with Crippen molar-refractivity contribution in [3.8, 4) is 11.5 Å². The number of hydrogen-bond acceptors (Lipinski definition) is 9. The van der Waals surface area contributed by atoms with Crippen LogP contribution in [-0.2, 0) is 9.53 Å². The van der Waals surface area contributed by atoms with Crippen molar-refractivity contribution in [2.45, 2.75) is 12.1 Å². The molecule has 0 radical (unpaired) electrons. The predicted molar refractivity (Wildman–Crippen MR) is 104 cm³/mol. The fraction of sp³-hybridized carbons (Fsp3) is 0.294. The summed E-state index contributed by atoms with van der Waals surface area (Å²) in [5, 5.41) is 2.57. The molecule has 0 atom stereocenters. The number of nitrogens with one attached hydrogen (secondary N) is 2. The number of thioether (sulfide) groups is 1. The zero-order valence-corrected chi connectivity index (χ0v) is 16.3. The Kier molecular flexibility index (Phi) is 7.27. The topological polar surface area (TPSA) is 146 Å². The predicted octanol–water partition coefficient (Wildman–Crippen LogP) is 1.28. The summed E-state index contributed by atoms with van der Waals surface area (Å²) >= 11 is 0.965. The molecular formula is C17H20N4O6S. The number of ether oxygens (including phenoxy) is 3. The third kappa shape index (κ3) is 5.16. The molecule has 0 saturated carbocycles. The van der Waals surface area contributed by atoms with Gasteiger partial charge >= 0.3 is 5.97 Å². The van der Waals surface area contributed by atoms with Crippen molar-refractivity contribution >= 4 is 35.1 Å². The monoisotopic (exact) mass is 408 g/mol. The number of nitrogens with zero attached hydrogens (tertiary/aromatic N) is 1. The number of nitrogen functional groups attached to an aromatic ring is 1. The smallest absolute Gasteiger partial charge is 0.316 e. The van der Waals surface area contributed by atoms with Gasteiger partial charge in [0.05, 0.1) is 26.6 Å². The van der Waals surface area contributed by atoms with Crippen LogP contribution in [-0.4, -0.2) is 48.4 Å². The van der Waals surface area contributed by atoms with Gasteiger partial charge in [0, 0.05) is 5.56 Å². The average molecular weight is 408 g/mol. The Balaban J connectivity index is 2.16. The number of aromatic amines is 1. The molecule has 1 aromatic carbocycles. The summed E-state index contributed by atoms with van der Waals surface area (Å²) in [6.07, 6.45) is 0. The van der Waals surface area contributed by atoms with E-state index in [0.717, 1.165) is 11.8 Å². The molecule has 0 unspecified atom stereocenters. The van der Waals surface area contributed by atoms with Gasteiger partial charge in [-0.15, -0.1) is 0 Å². The van der Waals surface area contributed by atoms with Gasteiger partial charge in [-0.1, -0.05) is 11.8 Å². The molecule has 2 rings (SSSR count). The summed E-state index contributed by atoms with van der Waals surface area (Å²) in [5.41, 5.74) is 5.19. The maximum absolute atomic E-state index is 12.4. The first-order chi connectivity index (χ1) is 13.4. The minimum atomic E-state index is -0.646. The molecule has 0 saturated heterocycles. The van der Waals surface area contributed by atoms with Crippen LogP contribution in [0.3, 0.4) is 0 Å². The van der Waals surface area contributed by atoms with Crippen LogP contribution in [0.25, 0.3) is 0 Å². The van der Waals surface area contributed by atoms with Gasteiger partial charge in [0.25, 0.3) is 11.5 Å². The number of anilines is 2. The van der Waals surface area contributed by atoms with Gasteiger partial charge in [-0.2, -0.15) is 0 Å². The summed E-state index contributed by atoms with van der Waals surface area (Å²) < 4.78 is 15.1. The van der Waals surface area contributed by atoms with E-state index < -0.39 is 17.4 Å². The Morgan fingerprint density at radius 1 is 1.25 bits per heavy atom. The second kappa shape index (κ2) is 9.65. The Morgan fingerprint density at radius 2 is 1.96 bits per heavy atom. The van der Waals surface area contributed by atoms with E-state index in [2.05, 4.69) is 15.3 Å². The first-order valence-corrected chi connectivity index (χ1v) is 9.09.